The molecule has 2 fully saturated rings. The summed E-state index contributed by atoms with van der Waals surface area (Å²) >= 11 is 0. The van der Waals surface area contributed by atoms with E-state index in [1.165, 1.54) is 50.0 Å². The van der Waals surface area contributed by atoms with Gasteiger partial charge >= 0.3 is 0 Å². The average molecular weight is 396 g/mol. The zero-order chi connectivity index (χ0) is 20.8. The summed E-state index contributed by atoms with van der Waals surface area (Å²) in [6.45, 7) is 16.5. The predicted molar refractivity (Wildman–Crippen MR) is 117 cm³/mol. The highest BCUT2D eigenvalue weighted by molar-refractivity contribution is 5.56. The number of rotatable bonds is 4. The second-order valence-electron chi connectivity index (χ2n) is 11.0. The fourth-order valence-electron chi connectivity index (χ4n) is 5.21. The topological polar surface area (TPSA) is 56.0 Å². The van der Waals surface area contributed by atoms with Gasteiger partial charge in [0, 0.05) is 36.0 Å². The number of nitrogens with zero attached hydrogens (tertiary/aromatic N) is 5. The third-order valence-electron chi connectivity index (χ3n) is 7.05. The molecule has 5 heteroatoms. The monoisotopic (exact) mass is 395 g/mol. The second kappa shape index (κ2) is 7.54. The lowest BCUT2D eigenvalue weighted by molar-refractivity contribution is 0.137. The van der Waals surface area contributed by atoms with Crippen molar-refractivity contribution in [2.45, 2.75) is 77.6 Å². The van der Waals surface area contributed by atoms with Crippen molar-refractivity contribution in [2.24, 2.45) is 11.8 Å². The van der Waals surface area contributed by atoms with Crippen molar-refractivity contribution in [2.75, 3.05) is 37.6 Å². The van der Waals surface area contributed by atoms with Crippen molar-refractivity contribution in [1.82, 2.24) is 14.9 Å². The fraction of sp³-hybridized carbons (Fsp3) is 0.792. The minimum atomic E-state index is -0.0704. The quantitative estimate of drug-likeness (QED) is 0.769. The van der Waals surface area contributed by atoms with Crippen molar-refractivity contribution in [3.8, 4) is 6.07 Å². The maximum Gasteiger partial charge on any atom is 0.136 e. The highest BCUT2D eigenvalue weighted by atomic mass is 15.3. The van der Waals surface area contributed by atoms with E-state index < -0.39 is 0 Å². The van der Waals surface area contributed by atoms with E-state index in [2.05, 4.69) is 50.5 Å². The molecule has 1 aromatic rings. The smallest absolute Gasteiger partial charge is 0.136 e. The molecule has 1 aliphatic carbocycles. The van der Waals surface area contributed by atoms with E-state index in [-0.39, 0.29) is 16.7 Å². The molecule has 1 aromatic heterocycles. The third-order valence-corrected chi connectivity index (χ3v) is 7.05. The zero-order valence-electron chi connectivity index (χ0n) is 19.0. The molecule has 4 rings (SSSR count). The van der Waals surface area contributed by atoms with E-state index in [0.717, 1.165) is 43.6 Å². The largest absolute Gasteiger partial charge is 0.353 e. The van der Waals surface area contributed by atoms with Gasteiger partial charge in [-0.05, 0) is 51.1 Å². The Labute approximate surface area is 176 Å². The summed E-state index contributed by atoms with van der Waals surface area (Å²) in [6, 6.07) is 2.41. The predicted octanol–water partition coefficient (Wildman–Crippen LogP) is 4.06. The first-order chi connectivity index (χ1) is 13.7. The number of anilines is 1. The molecular weight excluding hydrogens is 358 g/mol. The Morgan fingerprint density at radius 1 is 1.21 bits per heavy atom. The van der Waals surface area contributed by atoms with E-state index in [4.69, 9.17) is 9.97 Å². The van der Waals surface area contributed by atoms with Crippen molar-refractivity contribution < 1.29 is 0 Å². The Morgan fingerprint density at radius 3 is 2.62 bits per heavy atom. The number of nitriles is 1. The standard InChI is InChI=1S/C24H37N5/c1-17(2)8-12-28-11-6-9-24(16-28)10-7-19-20(24)26-22(23(3,4)5)27-21(19)29-14-18(13-25)15-29/h17-18H,6-12,14-16H2,1-5H3. The van der Waals surface area contributed by atoms with Crippen LogP contribution in [0.15, 0.2) is 0 Å². The van der Waals surface area contributed by atoms with Gasteiger partial charge in [-0.1, -0.05) is 34.6 Å². The van der Waals surface area contributed by atoms with Gasteiger partial charge in [0.1, 0.15) is 11.6 Å². The van der Waals surface area contributed by atoms with Crippen LogP contribution in [0.5, 0.6) is 0 Å². The molecule has 5 nitrogen and oxygen atoms in total. The van der Waals surface area contributed by atoms with Gasteiger partial charge in [0.25, 0.3) is 0 Å². The molecule has 1 spiro atoms. The van der Waals surface area contributed by atoms with Crippen LogP contribution in [0.4, 0.5) is 5.82 Å². The average Bonchev–Trinajstić information content (AvgIpc) is 2.96. The summed E-state index contributed by atoms with van der Waals surface area (Å²) in [5, 5.41) is 9.23. The van der Waals surface area contributed by atoms with E-state index in [1.54, 1.807) is 0 Å². The lowest BCUT2D eigenvalue weighted by atomic mass is 9.77. The van der Waals surface area contributed by atoms with E-state index in [0.29, 0.717) is 0 Å². The number of likely N-dealkylation sites (tertiary alicyclic amines) is 1. The summed E-state index contributed by atoms with van der Waals surface area (Å²) in [6.07, 6.45) is 6.07. The van der Waals surface area contributed by atoms with Crippen LogP contribution < -0.4 is 4.90 Å². The molecule has 2 saturated heterocycles. The van der Waals surface area contributed by atoms with Crippen LogP contribution >= 0.6 is 0 Å². The summed E-state index contributed by atoms with van der Waals surface area (Å²) in [7, 11) is 0. The summed E-state index contributed by atoms with van der Waals surface area (Å²) < 4.78 is 0. The maximum atomic E-state index is 9.23. The molecular formula is C24H37N5. The first kappa shape index (κ1) is 20.6. The van der Waals surface area contributed by atoms with E-state index in [9.17, 15) is 5.26 Å². The Bertz CT molecular complexity index is 797. The molecule has 3 heterocycles. The van der Waals surface area contributed by atoms with Gasteiger partial charge in [-0.15, -0.1) is 0 Å². The molecule has 0 saturated carbocycles. The Balaban J connectivity index is 1.68. The molecule has 0 bridgehead atoms. The van der Waals surface area contributed by atoms with Crippen LogP contribution in [0.3, 0.4) is 0 Å². The molecule has 0 amide bonds. The Hall–Kier alpha value is -1.67. The molecule has 1 unspecified atom stereocenters. The number of hydrogen-bond acceptors (Lipinski definition) is 5. The maximum absolute atomic E-state index is 9.23. The van der Waals surface area contributed by atoms with Crippen molar-refractivity contribution in [3.63, 3.8) is 0 Å². The number of aromatic nitrogens is 2. The third kappa shape index (κ3) is 3.89. The lowest BCUT2D eigenvalue weighted by Gasteiger charge is -2.42. The zero-order valence-corrected chi connectivity index (χ0v) is 19.0. The highest BCUT2D eigenvalue weighted by Crippen LogP contribution is 2.47. The van der Waals surface area contributed by atoms with Crippen LogP contribution in [0, 0.1) is 23.2 Å². The van der Waals surface area contributed by atoms with E-state index >= 15 is 0 Å². The van der Waals surface area contributed by atoms with Crippen molar-refractivity contribution >= 4 is 5.82 Å². The molecule has 2 aliphatic heterocycles. The van der Waals surface area contributed by atoms with Gasteiger partial charge in [-0.25, -0.2) is 9.97 Å². The SMILES string of the molecule is CC(C)CCN1CCCC2(CCc3c(N4CC(C#N)C4)nc(C(C)(C)C)nc32)C1. The molecule has 29 heavy (non-hydrogen) atoms. The summed E-state index contributed by atoms with van der Waals surface area (Å²) in [4.78, 5) is 15.3. The molecule has 0 radical (unpaired) electrons. The second-order valence-corrected chi connectivity index (χ2v) is 11.0. The van der Waals surface area contributed by atoms with Gasteiger partial charge in [0.15, 0.2) is 0 Å². The Kier molecular flexibility index (Phi) is 5.36. The minimum Gasteiger partial charge on any atom is -0.353 e. The van der Waals surface area contributed by atoms with Crippen molar-refractivity contribution in [3.05, 3.63) is 17.1 Å². The molecule has 158 valence electrons. The highest BCUT2D eigenvalue weighted by Gasteiger charge is 2.46. The van der Waals surface area contributed by atoms with Crippen LogP contribution in [0.1, 0.15) is 77.4 Å². The first-order valence-corrected chi connectivity index (χ1v) is 11.5. The number of hydrogen-bond donors (Lipinski definition) is 0. The van der Waals surface area contributed by atoms with Crippen LogP contribution in [0.2, 0.25) is 0 Å². The normalized spacial score (nSPS) is 25.3. The minimum absolute atomic E-state index is 0.0704. The lowest BCUT2D eigenvalue weighted by Crippen LogP contribution is -2.48. The van der Waals surface area contributed by atoms with Gasteiger partial charge in [-0.2, -0.15) is 5.26 Å². The van der Waals surface area contributed by atoms with Crippen LogP contribution in [0.25, 0.3) is 0 Å². The molecule has 0 N–H and O–H groups in total. The van der Waals surface area contributed by atoms with Gasteiger partial charge in [0.2, 0.25) is 0 Å². The van der Waals surface area contributed by atoms with Crippen LogP contribution in [-0.4, -0.2) is 47.6 Å². The Morgan fingerprint density at radius 2 is 1.97 bits per heavy atom. The fourth-order valence-corrected chi connectivity index (χ4v) is 5.21. The first-order valence-electron chi connectivity index (χ1n) is 11.5. The van der Waals surface area contributed by atoms with Gasteiger partial charge in [0.05, 0.1) is 17.7 Å². The number of piperidine rings is 1. The van der Waals surface area contributed by atoms with Crippen molar-refractivity contribution in [1.29, 1.82) is 5.26 Å². The van der Waals surface area contributed by atoms with E-state index in [1.807, 2.05) is 0 Å². The molecule has 1 atom stereocenters. The van der Waals surface area contributed by atoms with Gasteiger partial charge in [-0.3, -0.25) is 0 Å². The summed E-state index contributed by atoms with van der Waals surface area (Å²) in [5.74, 6) is 3.00. The number of fused-ring (bicyclic) bond motifs is 2. The van der Waals surface area contributed by atoms with Gasteiger partial charge < -0.3 is 9.80 Å². The van der Waals surface area contributed by atoms with Crippen LogP contribution in [-0.2, 0) is 17.3 Å². The molecule has 0 aromatic carbocycles. The summed E-state index contributed by atoms with van der Waals surface area (Å²) in [5.41, 5.74) is 2.84. The molecule has 3 aliphatic rings.